The van der Waals surface area contributed by atoms with E-state index in [2.05, 4.69) is 36.2 Å². The molecular weight excluding hydrogens is 506 g/mol. The van der Waals surface area contributed by atoms with Crippen molar-refractivity contribution < 1.29 is 9.59 Å². The second-order valence-corrected chi connectivity index (χ2v) is 9.53. The highest BCUT2D eigenvalue weighted by molar-refractivity contribution is 9.10. The third-order valence-corrected chi connectivity index (χ3v) is 6.83. The number of H-pyrrole nitrogens is 1. The monoisotopic (exact) mass is 525 g/mol. The van der Waals surface area contributed by atoms with Crippen LogP contribution in [0.25, 0.3) is 21.9 Å². The van der Waals surface area contributed by atoms with Crippen LogP contribution >= 0.6 is 15.9 Å². The van der Waals surface area contributed by atoms with Gasteiger partial charge in [0.15, 0.2) is 0 Å². The van der Waals surface area contributed by atoms with E-state index in [9.17, 15) is 9.59 Å². The van der Waals surface area contributed by atoms with Crippen molar-refractivity contribution in [2.24, 2.45) is 0 Å². The second kappa shape index (κ2) is 8.63. The maximum Gasteiger partial charge on any atom is 0.255 e. The van der Waals surface area contributed by atoms with Gasteiger partial charge >= 0.3 is 0 Å². The molecule has 2 N–H and O–H groups in total. The minimum Gasteiger partial charge on any atom is -0.345 e. The summed E-state index contributed by atoms with van der Waals surface area (Å²) in [6, 6.07) is 18.9. The van der Waals surface area contributed by atoms with E-state index in [1.165, 1.54) is 0 Å². The number of nitrogens with zero attached hydrogens (tertiary/aromatic N) is 3. The summed E-state index contributed by atoms with van der Waals surface area (Å²) in [6.07, 6.45) is 4.03. The number of carbonyl (C=O) groups excluding carboxylic acids is 2. The fraction of sp³-hybridized carbons (Fsp3) is 0.111. The number of nitrogens with one attached hydrogen (secondary N) is 2. The Labute approximate surface area is 209 Å². The lowest BCUT2D eigenvalue weighted by molar-refractivity contribution is 0.0735. The van der Waals surface area contributed by atoms with E-state index in [-0.39, 0.29) is 11.8 Å². The molecule has 172 valence electrons. The van der Waals surface area contributed by atoms with Crippen LogP contribution in [-0.2, 0) is 13.0 Å². The fourth-order valence-electron chi connectivity index (χ4n) is 4.50. The number of amides is 2. The van der Waals surface area contributed by atoms with Crippen LogP contribution in [0.5, 0.6) is 0 Å². The number of imidazole rings is 1. The van der Waals surface area contributed by atoms with Crippen LogP contribution in [0.2, 0.25) is 0 Å². The van der Waals surface area contributed by atoms with Gasteiger partial charge in [-0.05, 0) is 72.1 Å². The number of carbonyl (C=O) groups is 2. The fourth-order valence-corrected chi connectivity index (χ4v) is 4.88. The van der Waals surface area contributed by atoms with Crippen LogP contribution in [-0.4, -0.2) is 38.2 Å². The smallest absolute Gasteiger partial charge is 0.255 e. The van der Waals surface area contributed by atoms with Crippen molar-refractivity contribution >= 4 is 55.4 Å². The third kappa shape index (κ3) is 4.17. The molecule has 8 heteroatoms. The van der Waals surface area contributed by atoms with Gasteiger partial charge in [0.2, 0.25) is 0 Å². The summed E-state index contributed by atoms with van der Waals surface area (Å²) < 4.78 is 0.952. The largest absolute Gasteiger partial charge is 0.345 e. The molecule has 0 spiro atoms. The van der Waals surface area contributed by atoms with Gasteiger partial charge in [0, 0.05) is 34.1 Å². The molecule has 0 aliphatic carbocycles. The highest BCUT2D eigenvalue weighted by Crippen LogP contribution is 2.25. The molecule has 2 aromatic heterocycles. The van der Waals surface area contributed by atoms with Gasteiger partial charge in [0.25, 0.3) is 11.8 Å². The lowest BCUT2D eigenvalue weighted by Gasteiger charge is -2.29. The quantitative estimate of drug-likeness (QED) is 0.333. The molecular formula is C27H20BrN5O2. The first-order valence-corrected chi connectivity index (χ1v) is 12.0. The Morgan fingerprint density at radius 3 is 2.69 bits per heavy atom. The van der Waals surface area contributed by atoms with Crippen LogP contribution < -0.4 is 5.32 Å². The predicted molar refractivity (Wildman–Crippen MR) is 138 cm³/mol. The molecule has 0 bridgehead atoms. The summed E-state index contributed by atoms with van der Waals surface area (Å²) in [6.45, 7) is 1.10. The van der Waals surface area contributed by atoms with E-state index >= 15 is 0 Å². The van der Waals surface area contributed by atoms with Crippen molar-refractivity contribution in [3.05, 3.63) is 99.9 Å². The minimum atomic E-state index is -0.211. The van der Waals surface area contributed by atoms with E-state index in [1.807, 2.05) is 59.5 Å². The zero-order chi connectivity index (χ0) is 23.9. The average molecular weight is 526 g/mol. The van der Waals surface area contributed by atoms with E-state index in [4.69, 9.17) is 0 Å². The summed E-state index contributed by atoms with van der Waals surface area (Å²) >= 11 is 3.47. The molecule has 0 radical (unpaired) electrons. The molecule has 1 aliphatic heterocycles. The summed E-state index contributed by atoms with van der Waals surface area (Å²) in [4.78, 5) is 39.7. The molecule has 0 fully saturated rings. The number of anilines is 1. The van der Waals surface area contributed by atoms with Crippen LogP contribution in [0.1, 0.15) is 31.8 Å². The molecule has 3 aromatic carbocycles. The highest BCUT2D eigenvalue weighted by atomic mass is 79.9. The molecule has 1 aliphatic rings. The van der Waals surface area contributed by atoms with Gasteiger partial charge in [0.1, 0.15) is 0 Å². The summed E-state index contributed by atoms with van der Waals surface area (Å²) in [5.41, 5.74) is 6.46. The Morgan fingerprint density at radius 1 is 0.914 bits per heavy atom. The lowest BCUT2D eigenvalue weighted by atomic mass is 9.96. The summed E-state index contributed by atoms with van der Waals surface area (Å²) in [5, 5.41) is 3.88. The maximum atomic E-state index is 13.2. The van der Waals surface area contributed by atoms with Crippen molar-refractivity contribution in [3.8, 4) is 0 Å². The topological polar surface area (TPSA) is 91.0 Å². The molecule has 0 saturated heterocycles. The standard InChI is InChI=1S/C27H20BrN5O2/c28-21-4-6-23-19(10-21)11-22(13-29-23)32-26(34)17-2-1-16-7-8-33(14-20(16)9-17)27(35)18-3-5-24-25(12-18)31-15-30-24/h1-6,9-13,15H,7-8,14H2,(H,30,31)(H,32,34). The van der Waals surface area contributed by atoms with Gasteiger partial charge in [0.05, 0.1) is 34.8 Å². The van der Waals surface area contributed by atoms with Gasteiger partial charge in [-0.25, -0.2) is 4.98 Å². The van der Waals surface area contributed by atoms with Gasteiger partial charge in [-0.3, -0.25) is 14.6 Å². The van der Waals surface area contributed by atoms with Gasteiger partial charge in [-0.15, -0.1) is 0 Å². The second-order valence-electron chi connectivity index (χ2n) is 8.61. The SMILES string of the molecule is O=C(Nc1cnc2ccc(Br)cc2c1)c1ccc2c(c1)CN(C(=O)c1ccc3nc[nH]c3c1)CC2. The van der Waals surface area contributed by atoms with Crippen molar-refractivity contribution in [1.82, 2.24) is 19.9 Å². The molecule has 35 heavy (non-hydrogen) atoms. The van der Waals surface area contributed by atoms with Crippen molar-refractivity contribution in [3.63, 3.8) is 0 Å². The molecule has 0 atom stereocenters. The van der Waals surface area contributed by atoms with Gasteiger partial charge in [-0.1, -0.05) is 22.0 Å². The first kappa shape index (κ1) is 21.5. The highest BCUT2D eigenvalue weighted by Gasteiger charge is 2.23. The van der Waals surface area contributed by atoms with Crippen molar-refractivity contribution in [2.45, 2.75) is 13.0 Å². The van der Waals surface area contributed by atoms with E-state index in [1.54, 1.807) is 18.6 Å². The first-order valence-electron chi connectivity index (χ1n) is 11.2. The Morgan fingerprint density at radius 2 is 1.77 bits per heavy atom. The van der Waals surface area contributed by atoms with E-state index in [0.29, 0.717) is 29.9 Å². The van der Waals surface area contributed by atoms with Crippen LogP contribution in [0.15, 0.2) is 77.7 Å². The van der Waals surface area contributed by atoms with Crippen molar-refractivity contribution in [1.29, 1.82) is 0 Å². The number of benzene rings is 3. The average Bonchev–Trinajstić information content (AvgIpc) is 3.35. The molecule has 6 rings (SSSR count). The number of rotatable bonds is 3. The predicted octanol–water partition coefficient (Wildman–Crippen LogP) is 5.32. The normalized spacial score (nSPS) is 13.1. The Bertz CT molecular complexity index is 1630. The minimum absolute atomic E-state index is 0.0320. The molecule has 2 amide bonds. The number of halogens is 1. The number of fused-ring (bicyclic) bond motifs is 3. The van der Waals surface area contributed by atoms with Gasteiger partial charge < -0.3 is 15.2 Å². The number of hydrogen-bond acceptors (Lipinski definition) is 4. The molecule has 7 nitrogen and oxygen atoms in total. The number of pyridine rings is 1. The molecule has 0 unspecified atom stereocenters. The summed E-state index contributed by atoms with van der Waals surface area (Å²) in [7, 11) is 0. The zero-order valence-corrected chi connectivity index (χ0v) is 20.2. The first-order chi connectivity index (χ1) is 17.0. The number of hydrogen-bond donors (Lipinski definition) is 2. The Balaban J connectivity index is 1.21. The third-order valence-electron chi connectivity index (χ3n) is 6.34. The lowest BCUT2D eigenvalue weighted by Crippen LogP contribution is -2.36. The number of aromatic amines is 1. The zero-order valence-electron chi connectivity index (χ0n) is 18.6. The Hall–Kier alpha value is -4.04. The van der Waals surface area contributed by atoms with Crippen LogP contribution in [0.3, 0.4) is 0 Å². The van der Waals surface area contributed by atoms with Crippen LogP contribution in [0.4, 0.5) is 5.69 Å². The molecule has 3 heterocycles. The van der Waals surface area contributed by atoms with E-state index < -0.39 is 0 Å². The number of aromatic nitrogens is 3. The Kier molecular flexibility index (Phi) is 5.30. The van der Waals surface area contributed by atoms with Crippen LogP contribution in [0, 0.1) is 0 Å². The van der Waals surface area contributed by atoms with Gasteiger partial charge in [-0.2, -0.15) is 0 Å². The maximum absolute atomic E-state index is 13.2. The molecule has 5 aromatic rings. The summed E-state index contributed by atoms with van der Waals surface area (Å²) in [5.74, 6) is -0.243. The van der Waals surface area contributed by atoms with E-state index in [0.717, 1.165) is 44.0 Å². The molecule has 0 saturated carbocycles. The van der Waals surface area contributed by atoms with Crippen molar-refractivity contribution in [2.75, 3.05) is 11.9 Å².